The SMILES string of the molecule is CSNc1ccc(F)c(C(=O)c2c[nH]c3ncc(Br)cc23)c1. The summed E-state index contributed by atoms with van der Waals surface area (Å²) in [7, 11) is 0. The van der Waals surface area contributed by atoms with E-state index in [1.807, 2.05) is 6.26 Å². The number of hydrogen-bond donors (Lipinski definition) is 2. The van der Waals surface area contributed by atoms with Gasteiger partial charge in [0.15, 0.2) is 5.78 Å². The average molecular weight is 380 g/mol. The zero-order valence-electron chi connectivity index (χ0n) is 11.5. The maximum atomic E-state index is 14.0. The van der Waals surface area contributed by atoms with Gasteiger partial charge in [0.05, 0.1) is 5.56 Å². The van der Waals surface area contributed by atoms with Crippen LogP contribution < -0.4 is 4.72 Å². The number of fused-ring (bicyclic) bond motifs is 1. The summed E-state index contributed by atoms with van der Waals surface area (Å²) in [6.45, 7) is 0. The first kappa shape index (κ1) is 15.1. The third-order valence-electron chi connectivity index (χ3n) is 3.17. The van der Waals surface area contributed by atoms with Gasteiger partial charge >= 0.3 is 0 Å². The number of H-pyrrole nitrogens is 1. The van der Waals surface area contributed by atoms with Gasteiger partial charge in [-0.25, -0.2) is 9.37 Å². The smallest absolute Gasteiger partial charge is 0.198 e. The topological polar surface area (TPSA) is 57.8 Å². The predicted molar refractivity (Wildman–Crippen MR) is 90.8 cm³/mol. The van der Waals surface area contributed by atoms with E-state index in [2.05, 4.69) is 30.6 Å². The fraction of sp³-hybridized carbons (Fsp3) is 0.0667. The maximum absolute atomic E-state index is 14.0. The van der Waals surface area contributed by atoms with Crippen LogP contribution in [-0.4, -0.2) is 22.0 Å². The molecule has 0 radical (unpaired) electrons. The van der Waals surface area contributed by atoms with E-state index in [4.69, 9.17) is 0 Å². The van der Waals surface area contributed by atoms with Gasteiger partial charge in [-0.2, -0.15) is 0 Å². The second kappa shape index (κ2) is 6.10. The standard InChI is InChI=1S/C15H11BrFN3OS/c1-22-20-9-2-3-13(17)11(5-9)14(21)12-7-19-15-10(12)4-8(16)6-18-15/h2-7,20H,1H3,(H,18,19). The summed E-state index contributed by atoms with van der Waals surface area (Å²) in [6.07, 6.45) is 5.05. The molecule has 112 valence electrons. The number of halogens is 2. The fourth-order valence-electron chi connectivity index (χ4n) is 2.19. The van der Waals surface area contributed by atoms with Gasteiger partial charge in [0.25, 0.3) is 0 Å². The van der Waals surface area contributed by atoms with E-state index in [0.717, 1.165) is 4.47 Å². The first-order chi connectivity index (χ1) is 10.6. The molecule has 0 amide bonds. The molecule has 22 heavy (non-hydrogen) atoms. The highest BCUT2D eigenvalue weighted by molar-refractivity contribution is 9.10. The first-order valence-corrected chi connectivity index (χ1v) is 8.38. The van der Waals surface area contributed by atoms with E-state index >= 15 is 0 Å². The molecule has 0 spiro atoms. The molecule has 0 fully saturated rings. The van der Waals surface area contributed by atoms with Crippen molar-refractivity contribution in [2.45, 2.75) is 0 Å². The molecule has 3 aromatic rings. The number of nitrogens with zero attached hydrogens (tertiary/aromatic N) is 1. The van der Waals surface area contributed by atoms with Crippen molar-refractivity contribution in [3.63, 3.8) is 0 Å². The summed E-state index contributed by atoms with van der Waals surface area (Å²) in [4.78, 5) is 19.8. The van der Waals surface area contributed by atoms with E-state index in [0.29, 0.717) is 22.3 Å². The molecular formula is C15H11BrFN3OS. The maximum Gasteiger partial charge on any atom is 0.198 e. The molecule has 2 N–H and O–H groups in total. The second-order valence-corrected chi connectivity index (χ2v) is 6.11. The van der Waals surface area contributed by atoms with Gasteiger partial charge in [-0.3, -0.25) is 4.79 Å². The highest BCUT2D eigenvalue weighted by Crippen LogP contribution is 2.25. The minimum atomic E-state index is -0.547. The monoisotopic (exact) mass is 379 g/mol. The van der Waals surface area contributed by atoms with Crippen LogP contribution in [0.25, 0.3) is 11.0 Å². The zero-order chi connectivity index (χ0) is 15.7. The molecule has 0 aliphatic rings. The number of hydrogen-bond acceptors (Lipinski definition) is 4. The highest BCUT2D eigenvalue weighted by atomic mass is 79.9. The van der Waals surface area contributed by atoms with E-state index < -0.39 is 5.82 Å². The average Bonchev–Trinajstić information content (AvgIpc) is 2.91. The molecule has 0 aliphatic carbocycles. The lowest BCUT2D eigenvalue weighted by molar-refractivity contribution is 0.103. The summed E-state index contributed by atoms with van der Waals surface area (Å²) in [6, 6.07) is 6.18. The van der Waals surface area contributed by atoms with Crippen molar-refractivity contribution in [1.82, 2.24) is 9.97 Å². The van der Waals surface area contributed by atoms with Gasteiger partial charge < -0.3 is 9.71 Å². The Morgan fingerprint density at radius 3 is 2.95 bits per heavy atom. The van der Waals surface area contributed by atoms with Crippen LogP contribution in [0.3, 0.4) is 0 Å². The Morgan fingerprint density at radius 1 is 1.36 bits per heavy atom. The number of aromatic nitrogens is 2. The molecule has 2 heterocycles. The minimum absolute atomic E-state index is 0.0277. The second-order valence-electron chi connectivity index (χ2n) is 4.58. The number of rotatable bonds is 4. The van der Waals surface area contributed by atoms with Crippen molar-refractivity contribution in [2.24, 2.45) is 0 Å². The largest absolute Gasteiger partial charge is 0.345 e. The van der Waals surface area contributed by atoms with Gasteiger partial charge in [0.1, 0.15) is 11.5 Å². The first-order valence-electron chi connectivity index (χ1n) is 6.36. The normalized spacial score (nSPS) is 10.9. The Labute approximate surface area is 138 Å². The summed E-state index contributed by atoms with van der Waals surface area (Å²) in [5.41, 5.74) is 1.69. The minimum Gasteiger partial charge on any atom is -0.345 e. The quantitative estimate of drug-likeness (QED) is 0.521. The van der Waals surface area contributed by atoms with Crippen LogP contribution in [0, 0.1) is 5.82 Å². The lowest BCUT2D eigenvalue weighted by Gasteiger charge is -2.06. The molecular weight excluding hydrogens is 369 g/mol. The Hall–Kier alpha value is -1.86. The fourth-order valence-corrected chi connectivity index (χ4v) is 2.89. The number of ketones is 1. The molecule has 0 saturated carbocycles. The van der Waals surface area contributed by atoms with Gasteiger partial charge in [-0.1, -0.05) is 11.9 Å². The zero-order valence-corrected chi connectivity index (χ0v) is 13.9. The van der Waals surface area contributed by atoms with Crippen molar-refractivity contribution in [2.75, 3.05) is 11.0 Å². The molecule has 1 aromatic carbocycles. The van der Waals surface area contributed by atoms with Crippen molar-refractivity contribution in [1.29, 1.82) is 0 Å². The van der Waals surface area contributed by atoms with Crippen LogP contribution in [0.1, 0.15) is 15.9 Å². The van der Waals surface area contributed by atoms with Gasteiger partial charge in [-0.05, 0) is 40.2 Å². The van der Waals surface area contributed by atoms with Crippen LogP contribution in [0.15, 0.2) is 41.1 Å². The summed E-state index contributed by atoms with van der Waals surface area (Å²) in [5.74, 6) is -0.928. The van der Waals surface area contributed by atoms with Crippen LogP contribution in [0.5, 0.6) is 0 Å². The number of nitrogens with one attached hydrogen (secondary N) is 2. The Morgan fingerprint density at radius 2 is 2.18 bits per heavy atom. The molecule has 7 heteroatoms. The third-order valence-corrected chi connectivity index (χ3v) is 4.05. The van der Waals surface area contributed by atoms with Crippen LogP contribution in [-0.2, 0) is 0 Å². The Kier molecular flexibility index (Phi) is 4.17. The molecule has 2 aromatic heterocycles. The van der Waals surface area contributed by atoms with Crippen molar-refractivity contribution >= 4 is 50.4 Å². The molecule has 0 atom stereocenters. The lowest BCUT2D eigenvalue weighted by Crippen LogP contribution is -2.04. The molecule has 4 nitrogen and oxygen atoms in total. The number of benzene rings is 1. The van der Waals surface area contributed by atoms with Gasteiger partial charge in [0.2, 0.25) is 0 Å². The predicted octanol–water partition coefficient (Wildman–Crippen LogP) is 4.39. The van der Waals surface area contributed by atoms with Gasteiger partial charge in [0, 0.05) is 39.8 Å². The number of anilines is 1. The van der Waals surface area contributed by atoms with Crippen molar-refractivity contribution in [3.05, 3.63) is 58.1 Å². The number of carbonyl (C=O) groups excluding carboxylic acids is 1. The number of aromatic amines is 1. The molecule has 0 unspecified atom stereocenters. The molecule has 3 rings (SSSR count). The van der Waals surface area contributed by atoms with Crippen LogP contribution in [0.2, 0.25) is 0 Å². The highest BCUT2D eigenvalue weighted by Gasteiger charge is 2.19. The van der Waals surface area contributed by atoms with Crippen LogP contribution >= 0.6 is 27.9 Å². The van der Waals surface area contributed by atoms with E-state index in [1.54, 1.807) is 24.5 Å². The molecule has 0 bridgehead atoms. The van der Waals surface area contributed by atoms with E-state index in [-0.39, 0.29) is 11.3 Å². The van der Waals surface area contributed by atoms with Crippen molar-refractivity contribution < 1.29 is 9.18 Å². The molecule has 0 saturated heterocycles. The van der Waals surface area contributed by atoms with E-state index in [1.165, 1.54) is 24.1 Å². The Bertz CT molecular complexity index is 865. The van der Waals surface area contributed by atoms with Crippen molar-refractivity contribution in [3.8, 4) is 0 Å². The molecule has 0 aliphatic heterocycles. The lowest BCUT2D eigenvalue weighted by atomic mass is 10.0. The number of carbonyl (C=O) groups is 1. The van der Waals surface area contributed by atoms with E-state index in [9.17, 15) is 9.18 Å². The Balaban J connectivity index is 2.09. The third kappa shape index (κ3) is 2.74. The summed E-state index contributed by atoms with van der Waals surface area (Å²) in [5, 5.41) is 0.655. The number of pyridine rings is 1. The summed E-state index contributed by atoms with van der Waals surface area (Å²) < 4.78 is 17.8. The summed E-state index contributed by atoms with van der Waals surface area (Å²) >= 11 is 4.71. The van der Waals surface area contributed by atoms with Crippen LogP contribution in [0.4, 0.5) is 10.1 Å². The van der Waals surface area contributed by atoms with Gasteiger partial charge in [-0.15, -0.1) is 0 Å².